The standard InChI is InChI=1S/C23H23N5O3/c1-4-11-24-22(29)15-8-5-6-9-17(15)26-23(30)16-13-18(19-10-7-12-31-19)25-21-20(16)14(2)27-28(21)3/h5-10,12-13H,4,11H2,1-3H3,(H,24,29)(H,26,30). The predicted octanol–water partition coefficient (Wildman–Crippen LogP) is 3.93. The van der Waals surface area contributed by atoms with Crippen LogP contribution in [-0.4, -0.2) is 33.1 Å². The minimum Gasteiger partial charge on any atom is -0.463 e. The van der Waals surface area contributed by atoms with E-state index in [1.165, 1.54) is 0 Å². The molecule has 2 N–H and O–H groups in total. The second-order valence-electron chi connectivity index (χ2n) is 7.20. The van der Waals surface area contributed by atoms with E-state index in [0.717, 1.165) is 6.42 Å². The van der Waals surface area contributed by atoms with Crippen LogP contribution in [0.25, 0.3) is 22.5 Å². The Bertz CT molecular complexity index is 1260. The Morgan fingerprint density at radius 3 is 2.65 bits per heavy atom. The summed E-state index contributed by atoms with van der Waals surface area (Å²) in [6, 6.07) is 12.2. The van der Waals surface area contributed by atoms with Crippen LogP contribution >= 0.6 is 0 Å². The summed E-state index contributed by atoms with van der Waals surface area (Å²) in [6.45, 7) is 4.38. The number of hydrogen-bond donors (Lipinski definition) is 2. The first-order valence-electron chi connectivity index (χ1n) is 10.1. The van der Waals surface area contributed by atoms with Crippen LogP contribution in [0.5, 0.6) is 0 Å². The van der Waals surface area contributed by atoms with Gasteiger partial charge >= 0.3 is 0 Å². The number of amides is 2. The number of pyridine rings is 1. The summed E-state index contributed by atoms with van der Waals surface area (Å²) in [5.74, 6) is -0.0346. The monoisotopic (exact) mass is 417 g/mol. The van der Waals surface area contributed by atoms with E-state index in [9.17, 15) is 9.59 Å². The molecule has 158 valence electrons. The molecule has 3 heterocycles. The Kier molecular flexibility index (Phi) is 5.53. The Morgan fingerprint density at radius 1 is 1.10 bits per heavy atom. The molecule has 31 heavy (non-hydrogen) atoms. The minimum atomic E-state index is -0.355. The van der Waals surface area contributed by atoms with E-state index < -0.39 is 0 Å². The van der Waals surface area contributed by atoms with Gasteiger partial charge in [-0.25, -0.2) is 4.98 Å². The molecular weight excluding hydrogens is 394 g/mol. The largest absolute Gasteiger partial charge is 0.463 e. The Labute approximate surface area is 179 Å². The van der Waals surface area contributed by atoms with Gasteiger partial charge in [0, 0.05) is 13.6 Å². The number of para-hydroxylation sites is 1. The molecule has 2 amide bonds. The van der Waals surface area contributed by atoms with Crippen molar-refractivity contribution in [1.82, 2.24) is 20.1 Å². The summed E-state index contributed by atoms with van der Waals surface area (Å²) < 4.78 is 7.12. The molecule has 8 nitrogen and oxygen atoms in total. The third-order valence-electron chi connectivity index (χ3n) is 4.94. The van der Waals surface area contributed by atoms with Crippen molar-refractivity contribution in [2.24, 2.45) is 7.05 Å². The van der Waals surface area contributed by atoms with Gasteiger partial charge in [0.25, 0.3) is 11.8 Å². The smallest absolute Gasteiger partial charge is 0.256 e. The fraction of sp³-hybridized carbons (Fsp3) is 0.217. The molecule has 0 unspecified atom stereocenters. The third kappa shape index (κ3) is 3.92. The average Bonchev–Trinajstić information content (AvgIpc) is 3.40. The number of hydrogen-bond acceptors (Lipinski definition) is 5. The van der Waals surface area contributed by atoms with Gasteiger partial charge in [-0.2, -0.15) is 5.10 Å². The number of benzene rings is 1. The summed E-state index contributed by atoms with van der Waals surface area (Å²) in [7, 11) is 1.78. The van der Waals surface area contributed by atoms with Gasteiger partial charge in [-0.15, -0.1) is 0 Å². The van der Waals surface area contributed by atoms with Crippen molar-refractivity contribution in [2.45, 2.75) is 20.3 Å². The first-order valence-corrected chi connectivity index (χ1v) is 10.1. The molecule has 0 saturated heterocycles. The van der Waals surface area contributed by atoms with Gasteiger partial charge in [0.2, 0.25) is 0 Å². The molecule has 8 heteroatoms. The molecule has 4 aromatic rings. The lowest BCUT2D eigenvalue weighted by molar-refractivity contribution is 0.0954. The maximum absolute atomic E-state index is 13.4. The van der Waals surface area contributed by atoms with Crippen LogP contribution in [0.15, 0.2) is 53.1 Å². The average molecular weight is 417 g/mol. The van der Waals surface area contributed by atoms with Crippen LogP contribution < -0.4 is 10.6 Å². The van der Waals surface area contributed by atoms with E-state index >= 15 is 0 Å². The lowest BCUT2D eigenvalue weighted by Gasteiger charge is -2.12. The molecule has 4 rings (SSSR count). The molecule has 0 radical (unpaired) electrons. The number of carbonyl (C=O) groups is 2. The Balaban J connectivity index is 1.76. The zero-order valence-corrected chi connectivity index (χ0v) is 17.6. The van der Waals surface area contributed by atoms with Crippen molar-refractivity contribution in [2.75, 3.05) is 11.9 Å². The fourth-order valence-electron chi connectivity index (χ4n) is 3.49. The number of furan rings is 1. The van der Waals surface area contributed by atoms with Crippen LogP contribution in [0, 0.1) is 6.92 Å². The molecule has 0 aliphatic rings. The molecule has 0 aliphatic carbocycles. The first-order chi connectivity index (χ1) is 15.0. The highest BCUT2D eigenvalue weighted by atomic mass is 16.3. The predicted molar refractivity (Wildman–Crippen MR) is 118 cm³/mol. The summed E-state index contributed by atoms with van der Waals surface area (Å²) >= 11 is 0. The fourth-order valence-corrected chi connectivity index (χ4v) is 3.49. The number of aromatic nitrogens is 3. The Morgan fingerprint density at radius 2 is 1.90 bits per heavy atom. The zero-order valence-electron chi connectivity index (χ0n) is 17.6. The van der Waals surface area contributed by atoms with Gasteiger partial charge in [0.1, 0.15) is 5.69 Å². The molecular formula is C23H23N5O3. The van der Waals surface area contributed by atoms with Gasteiger partial charge in [0.05, 0.1) is 34.2 Å². The molecule has 0 fully saturated rings. The summed E-state index contributed by atoms with van der Waals surface area (Å²) in [4.78, 5) is 30.5. The second-order valence-corrected chi connectivity index (χ2v) is 7.20. The molecule has 0 atom stereocenters. The van der Waals surface area contributed by atoms with Crippen molar-refractivity contribution < 1.29 is 14.0 Å². The van der Waals surface area contributed by atoms with Crippen molar-refractivity contribution in [1.29, 1.82) is 0 Å². The van der Waals surface area contributed by atoms with Crippen molar-refractivity contribution in [3.05, 3.63) is 65.5 Å². The Hall–Kier alpha value is -3.94. The first kappa shape index (κ1) is 20.3. The van der Waals surface area contributed by atoms with Crippen LogP contribution in [0.4, 0.5) is 5.69 Å². The van der Waals surface area contributed by atoms with Gasteiger partial charge < -0.3 is 15.1 Å². The molecule has 3 aromatic heterocycles. The maximum Gasteiger partial charge on any atom is 0.256 e. The van der Waals surface area contributed by atoms with Crippen molar-refractivity contribution in [3.63, 3.8) is 0 Å². The lowest BCUT2D eigenvalue weighted by atomic mass is 10.1. The zero-order chi connectivity index (χ0) is 22.0. The number of carbonyl (C=O) groups excluding carboxylic acids is 2. The van der Waals surface area contributed by atoms with Gasteiger partial charge in [-0.05, 0) is 43.7 Å². The highest BCUT2D eigenvalue weighted by Crippen LogP contribution is 2.28. The minimum absolute atomic E-state index is 0.230. The van der Waals surface area contributed by atoms with Crippen LogP contribution in [0.2, 0.25) is 0 Å². The summed E-state index contributed by atoms with van der Waals surface area (Å²) in [5, 5.41) is 10.8. The van der Waals surface area contributed by atoms with E-state index in [2.05, 4.69) is 20.7 Å². The van der Waals surface area contributed by atoms with Gasteiger partial charge in [0.15, 0.2) is 11.4 Å². The highest BCUT2D eigenvalue weighted by Gasteiger charge is 2.21. The number of rotatable bonds is 6. The van der Waals surface area contributed by atoms with E-state index in [-0.39, 0.29) is 11.8 Å². The van der Waals surface area contributed by atoms with E-state index in [4.69, 9.17) is 4.42 Å². The maximum atomic E-state index is 13.4. The van der Waals surface area contributed by atoms with Crippen LogP contribution in [0.1, 0.15) is 39.8 Å². The van der Waals surface area contributed by atoms with Gasteiger partial charge in [-0.1, -0.05) is 19.1 Å². The molecule has 0 saturated carbocycles. The number of aryl methyl sites for hydroxylation is 2. The number of nitrogens with zero attached hydrogens (tertiary/aromatic N) is 3. The molecule has 0 aliphatic heterocycles. The highest BCUT2D eigenvalue weighted by molar-refractivity contribution is 6.15. The summed E-state index contributed by atoms with van der Waals surface area (Å²) in [5.41, 5.74) is 3.04. The van der Waals surface area contributed by atoms with E-state index in [1.807, 2.05) is 13.8 Å². The number of nitrogens with one attached hydrogen (secondary N) is 2. The molecule has 0 bridgehead atoms. The number of anilines is 1. The van der Waals surface area contributed by atoms with Crippen LogP contribution in [-0.2, 0) is 7.05 Å². The lowest BCUT2D eigenvalue weighted by Crippen LogP contribution is -2.25. The van der Waals surface area contributed by atoms with Crippen LogP contribution in [0.3, 0.4) is 0 Å². The van der Waals surface area contributed by atoms with Crippen molar-refractivity contribution in [3.8, 4) is 11.5 Å². The quantitative estimate of drug-likeness (QED) is 0.495. The van der Waals surface area contributed by atoms with Crippen molar-refractivity contribution >= 4 is 28.5 Å². The van der Waals surface area contributed by atoms with E-state index in [0.29, 0.717) is 51.5 Å². The van der Waals surface area contributed by atoms with E-state index in [1.54, 1.807) is 60.5 Å². The SMILES string of the molecule is CCCNC(=O)c1ccccc1NC(=O)c1cc(-c2ccco2)nc2c1c(C)nn2C. The summed E-state index contributed by atoms with van der Waals surface area (Å²) in [6.07, 6.45) is 2.38. The third-order valence-corrected chi connectivity index (χ3v) is 4.94. The normalized spacial score (nSPS) is 10.9. The second kappa shape index (κ2) is 8.43. The number of fused-ring (bicyclic) bond motifs is 1. The van der Waals surface area contributed by atoms with Gasteiger partial charge in [-0.3, -0.25) is 14.3 Å². The molecule has 1 aromatic carbocycles. The topological polar surface area (TPSA) is 102 Å². The molecule has 0 spiro atoms.